The van der Waals surface area contributed by atoms with Gasteiger partial charge in [-0.3, -0.25) is 0 Å². The lowest BCUT2D eigenvalue weighted by atomic mass is 9.97. The standard InChI is InChI=1S/C16H18BrClN2O/c1-16(5-6-16)14-11(18)8-12-10(15(14)17)9-19-20(12)13-4-2-3-7-21-13/h8-9,13H,2-7H2,1H3. The minimum absolute atomic E-state index is 0.0431. The van der Waals surface area contributed by atoms with Crippen molar-refractivity contribution in [2.24, 2.45) is 0 Å². The van der Waals surface area contributed by atoms with E-state index in [4.69, 9.17) is 16.3 Å². The molecule has 1 aliphatic carbocycles. The minimum atomic E-state index is 0.0431. The molecule has 1 aromatic heterocycles. The summed E-state index contributed by atoms with van der Waals surface area (Å²) >= 11 is 10.4. The first-order chi connectivity index (χ1) is 10.1. The molecule has 0 spiro atoms. The van der Waals surface area contributed by atoms with Crippen LogP contribution in [0.1, 0.15) is 50.8 Å². The summed E-state index contributed by atoms with van der Waals surface area (Å²) in [5.41, 5.74) is 2.53. The van der Waals surface area contributed by atoms with Gasteiger partial charge in [-0.25, -0.2) is 4.68 Å². The van der Waals surface area contributed by atoms with Crippen LogP contribution in [-0.2, 0) is 10.2 Å². The first-order valence-corrected chi connectivity index (χ1v) is 8.74. The van der Waals surface area contributed by atoms with Gasteiger partial charge in [-0.1, -0.05) is 18.5 Å². The highest BCUT2D eigenvalue weighted by Gasteiger charge is 2.42. The lowest BCUT2D eigenvalue weighted by Crippen LogP contribution is -2.19. The molecule has 1 unspecified atom stereocenters. The molecule has 0 bridgehead atoms. The molecule has 5 heteroatoms. The van der Waals surface area contributed by atoms with Crippen molar-refractivity contribution in [1.82, 2.24) is 9.78 Å². The molecule has 2 heterocycles. The Morgan fingerprint density at radius 3 is 2.90 bits per heavy atom. The van der Waals surface area contributed by atoms with Gasteiger partial charge >= 0.3 is 0 Å². The summed E-state index contributed by atoms with van der Waals surface area (Å²) in [7, 11) is 0. The van der Waals surface area contributed by atoms with Crippen LogP contribution in [0.15, 0.2) is 16.7 Å². The Morgan fingerprint density at radius 2 is 2.24 bits per heavy atom. The van der Waals surface area contributed by atoms with Gasteiger partial charge < -0.3 is 4.74 Å². The predicted molar refractivity (Wildman–Crippen MR) is 87.9 cm³/mol. The normalized spacial score (nSPS) is 24.4. The Labute approximate surface area is 137 Å². The summed E-state index contributed by atoms with van der Waals surface area (Å²) in [5.74, 6) is 0. The van der Waals surface area contributed by atoms with E-state index in [1.807, 2.05) is 10.9 Å². The van der Waals surface area contributed by atoms with E-state index >= 15 is 0 Å². The van der Waals surface area contributed by atoms with Crippen LogP contribution in [0, 0.1) is 0 Å². The summed E-state index contributed by atoms with van der Waals surface area (Å²) in [6.07, 6.45) is 7.74. The van der Waals surface area contributed by atoms with Crippen molar-refractivity contribution in [3.05, 3.63) is 27.3 Å². The zero-order chi connectivity index (χ0) is 14.6. The number of hydrogen-bond donors (Lipinski definition) is 0. The van der Waals surface area contributed by atoms with Gasteiger partial charge in [-0.15, -0.1) is 0 Å². The van der Waals surface area contributed by atoms with Gasteiger partial charge in [-0.05, 0) is 65.1 Å². The second kappa shape index (κ2) is 4.97. The Bertz CT molecular complexity index is 702. The van der Waals surface area contributed by atoms with Gasteiger partial charge in [0.05, 0.1) is 11.7 Å². The number of hydrogen-bond acceptors (Lipinski definition) is 2. The fourth-order valence-corrected chi connectivity index (χ4v) is 4.79. The maximum atomic E-state index is 6.59. The fourth-order valence-electron chi connectivity index (χ4n) is 3.25. The molecular weight excluding hydrogens is 352 g/mol. The molecule has 0 amide bonds. The molecular formula is C16H18BrClN2O. The van der Waals surface area contributed by atoms with Crippen molar-refractivity contribution in [3.8, 4) is 0 Å². The third kappa shape index (κ3) is 2.23. The molecule has 4 rings (SSSR count). The molecule has 1 aliphatic heterocycles. The molecule has 1 saturated carbocycles. The van der Waals surface area contributed by atoms with E-state index in [0.29, 0.717) is 0 Å². The Morgan fingerprint density at radius 1 is 1.43 bits per heavy atom. The SMILES string of the molecule is CC1(c2c(Cl)cc3c(cnn3C3CCCCO3)c2Br)CC1. The smallest absolute Gasteiger partial charge is 0.150 e. The van der Waals surface area contributed by atoms with Gasteiger partial charge in [0, 0.05) is 21.5 Å². The lowest BCUT2D eigenvalue weighted by molar-refractivity contribution is -0.0366. The average Bonchev–Trinajstić information content (AvgIpc) is 3.06. The monoisotopic (exact) mass is 368 g/mol. The summed E-state index contributed by atoms with van der Waals surface area (Å²) in [4.78, 5) is 0. The lowest BCUT2D eigenvalue weighted by Gasteiger charge is -2.24. The van der Waals surface area contributed by atoms with E-state index in [1.54, 1.807) is 0 Å². The van der Waals surface area contributed by atoms with E-state index in [9.17, 15) is 0 Å². The number of fused-ring (bicyclic) bond motifs is 1. The molecule has 112 valence electrons. The molecule has 2 aromatic rings. The summed E-state index contributed by atoms with van der Waals surface area (Å²) in [5, 5.41) is 6.54. The van der Waals surface area contributed by atoms with Gasteiger partial charge in [0.25, 0.3) is 0 Å². The second-order valence-corrected chi connectivity index (χ2v) is 7.65. The van der Waals surface area contributed by atoms with Crippen LogP contribution in [0.3, 0.4) is 0 Å². The highest BCUT2D eigenvalue weighted by molar-refractivity contribution is 9.10. The van der Waals surface area contributed by atoms with Crippen LogP contribution in [0.2, 0.25) is 5.02 Å². The van der Waals surface area contributed by atoms with E-state index < -0.39 is 0 Å². The van der Waals surface area contributed by atoms with Crippen molar-refractivity contribution in [2.75, 3.05) is 6.61 Å². The maximum absolute atomic E-state index is 6.59. The number of halogens is 2. The summed E-state index contributed by atoms with van der Waals surface area (Å²) in [6.45, 7) is 3.09. The van der Waals surface area contributed by atoms with Crippen molar-refractivity contribution < 1.29 is 4.74 Å². The largest absolute Gasteiger partial charge is 0.356 e. The van der Waals surface area contributed by atoms with Crippen LogP contribution in [0.4, 0.5) is 0 Å². The Hall–Kier alpha value is -0.580. The summed E-state index contributed by atoms with van der Waals surface area (Å²) < 4.78 is 8.96. The predicted octanol–water partition coefficient (Wildman–Crippen LogP) is 5.20. The summed E-state index contributed by atoms with van der Waals surface area (Å²) in [6, 6.07) is 2.06. The molecule has 2 aliphatic rings. The first kappa shape index (κ1) is 14.0. The van der Waals surface area contributed by atoms with E-state index in [0.717, 1.165) is 39.8 Å². The maximum Gasteiger partial charge on any atom is 0.150 e. The molecule has 0 N–H and O–H groups in total. The molecule has 2 fully saturated rings. The highest BCUT2D eigenvalue weighted by Crippen LogP contribution is 2.54. The van der Waals surface area contributed by atoms with Crippen LogP contribution in [-0.4, -0.2) is 16.4 Å². The number of ether oxygens (including phenoxy) is 1. The highest BCUT2D eigenvalue weighted by atomic mass is 79.9. The number of nitrogens with zero attached hydrogens (tertiary/aromatic N) is 2. The van der Waals surface area contributed by atoms with Crippen LogP contribution in [0.5, 0.6) is 0 Å². The van der Waals surface area contributed by atoms with E-state index in [2.05, 4.69) is 34.0 Å². The molecule has 1 saturated heterocycles. The Balaban J connectivity index is 1.85. The van der Waals surface area contributed by atoms with Gasteiger partial charge in [0.1, 0.15) is 0 Å². The van der Waals surface area contributed by atoms with Crippen LogP contribution in [0.25, 0.3) is 10.9 Å². The Kier molecular flexibility index (Phi) is 3.32. The molecule has 3 nitrogen and oxygen atoms in total. The molecule has 0 radical (unpaired) electrons. The second-order valence-electron chi connectivity index (χ2n) is 6.45. The average molecular weight is 370 g/mol. The fraction of sp³-hybridized carbons (Fsp3) is 0.562. The third-order valence-corrected chi connectivity index (χ3v) is 5.95. The zero-order valence-electron chi connectivity index (χ0n) is 12.0. The topological polar surface area (TPSA) is 27.1 Å². The van der Waals surface area contributed by atoms with Crippen molar-refractivity contribution in [1.29, 1.82) is 0 Å². The molecule has 21 heavy (non-hydrogen) atoms. The van der Waals surface area contributed by atoms with Gasteiger partial charge in [0.2, 0.25) is 0 Å². The van der Waals surface area contributed by atoms with Crippen molar-refractivity contribution in [3.63, 3.8) is 0 Å². The quantitative estimate of drug-likeness (QED) is 0.727. The van der Waals surface area contributed by atoms with E-state index in [1.165, 1.54) is 24.8 Å². The van der Waals surface area contributed by atoms with Crippen molar-refractivity contribution >= 4 is 38.4 Å². The van der Waals surface area contributed by atoms with Crippen LogP contribution >= 0.6 is 27.5 Å². The molecule has 1 aromatic carbocycles. The van der Waals surface area contributed by atoms with Crippen LogP contribution < -0.4 is 0 Å². The third-order valence-electron chi connectivity index (χ3n) is 4.82. The number of benzene rings is 1. The number of rotatable bonds is 2. The van der Waals surface area contributed by atoms with Gasteiger partial charge in [0.15, 0.2) is 6.23 Å². The van der Waals surface area contributed by atoms with E-state index in [-0.39, 0.29) is 11.6 Å². The number of aromatic nitrogens is 2. The molecule has 1 atom stereocenters. The zero-order valence-corrected chi connectivity index (χ0v) is 14.4. The van der Waals surface area contributed by atoms with Crippen molar-refractivity contribution in [2.45, 2.75) is 50.7 Å². The minimum Gasteiger partial charge on any atom is -0.356 e. The van der Waals surface area contributed by atoms with Gasteiger partial charge in [-0.2, -0.15) is 5.10 Å². The first-order valence-electron chi connectivity index (χ1n) is 7.57.